The zero-order valence-corrected chi connectivity index (χ0v) is 9.69. The molecule has 0 atom stereocenters. The highest BCUT2D eigenvalue weighted by Gasteiger charge is 2.19. The Morgan fingerprint density at radius 3 is 3.06 bits per heavy atom. The number of rotatable bonds is 5. The number of nitrogens with zero attached hydrogens (tertiary/aromatic N) is 2. The van der Waals surface area contributed by atoms with Gasteiger partial charge in [-0.05, 0) is 25.0 Å². The summed E-state index contributed by atoms with van der Waals surface area (Å²) in [6.45, 7) is 1.00. The first-order valence-electron chi connectivity index (χ1n) is 6.09. The second-order valence-corrected chi connectivity index (χ2v) is 4.46. The van der Waals surface area contributed by atoms with Crippen molar-refractivity contribution >= 4 is 0 Å². The average molecular weight is 228 g/mol. The van der Waals surface area contributed by atoms with Crippen molar-refractivity contribution in [2.75, 3.05) is 6.54 Å². The van der Waals surface area contributed by atoms with Crippen LogP contribution in [0.5, 0.6) is 0 Å². The van der Waals surface area contributed by atoms with E-state index in [0.29, 0.717) is 0 Å². The van der Waals surface area contributed by atoms with Crippen molar-refractivity contribution in [1.82, 2.24) is 20.3 Å². The van der Waals surface area contributed by atoms with Gasteiger partial charge in [-0.3, -0.25) is 4.98 Å². The van der Waals surface area contributed by atoms with E-state index in [2.05, 4.69) is 20.3 Å². The maximum atomic E-state index is 4.39. The summed E-state index contributed by atoms with van der Waals surface area (Å²) in [5.74, 6) is 1.04. The smallest absolute Gasteiger partial charge is 0.107 e. The molecule has 0 aliphatic heterocycles. The molecule has 0 aromatic carbocycles. The monoisotopic (exact) mass is 228 g/mol. The first kappa shape index (κ1) is 10.5. The summed E-state index contributed by atoms with van der Waals surface area (Å²) < 4.78 is 0. The molecule has 1 saturated carbocycles. The van der Waals surface area contributed by atoms with Gasteiger partial charge in [0, 0.05) is 37.0 Å². The minimum Gasteiger partial charge on any atom is -0.342 e. The molecule has 0 amide bonds. The summed E-state index contributed by atoms with van der Waals surface area (Å²) in [5, 5.41) is 3.48. The standard InChI is InChI=1S/C13H16N4/c1-2-10(8-14-6-1)12-9-16-13(17-12)5-7-15-11-3-4-11/h1-2,6,8-9,11,15H,3-5,7H2,(H,16,17). The largest absolute Gasteiger partial charge is 0.342 e. The zero-order valence-electron chi connectivity index (χ0n) is 9.69. The van der Waals surface area contributed by atoms with E-state index >= 15 is 0 Å². The molecule has 2 N–H and O–H groups in total. The number of H-pyrrole nitrogens is 1. The molecule has 1 aliphatic rings. The van der Waals surface area contributed by atoms with E-state index in [1.54, 1.807) is 6.20 Å². The van der Waals surface area contributed by atoms with Crippen LogP contribution in [-0.2, 0) is 6.42 Å². The van der Waals surface area contributed by atoms with Gasteiger partial charge in [0.15, 0.2) is 0 Å². The highest BCUT2D eigenvalue weighted by atomic mass is 15.0. The van der Waals surface area contributed by atoms with Gasteiger partial charge in [-0.15, -0.1) is 0 Å². The predicted octanol–water partition coefficient (Wildman–Crippen LogP) is 1.77. The lowest BCUT2D eigenvalue weighted by Gasteiger charge is -1.99. The third-order valence-electron chi connectivity index (χ3n) is 2.97. The van der Waals surface area contributed by atoms with Crippen LogP contribution in [0.1, 0.15) is 18.7 Å². The molecule has 1 aliphatic carbocycles. The second-order valence-electron chi connectivity index (χ2n) is 4.46. The lowest BCUT2D eigenvalue weighted by atomic mass is 10.2. The fourth-order valence-corrected chi connectivity index (χ4v) is 1.84. The van der Waals surface area contributed by atoms with Crippen molar-refractivity contribution in [2.24, 2.45) is 0 Å². The summed E-state index contributed by atoms with van der Waals surface area (Å²) in [6, 6.07) is 4.74. The van der Waals surface area contributed by atoms with Gasteiger partial charge in [0.2, 0.25) is 0 Å². The Labute approximate surface area is 101 Å². The third kappa shape index (κ3) is 2.71. The molecule has 3 rings (SSSR count). The van der Waals surface area contributed by atoms with Crippen LogP contribution in [0.25, 0.3) is 11.3 Å². The van der Waals surface area contributed by atoms with Crippen LogP contribution in [0.2, 0.25) is 0 Å². The zero-order chi connectivity index (χ0) is 11.5. The third-order valence-corrected chi connectivity index (χ3v) is 2.97. The fourth-order valence-electron chi connectivity index (χ4n) is 1.84. The summed E-state index contributed by atoms with van der Waals surface area (Å²) in [5.41, 5.74) is 2.13. The van der Waals surface area contributed by atoms with E-state index in [0.717, 1.165) is 36.1 Å². The molecule has 2 aromatic heterocycles. The summed E-state index contributed by atoms with van der Waals surface area (Å²) in [4.78, 5) is 11.8. The highest BCUT2D eigenvalue weighted by molar-refractivity contribution is 5.56. The number of pyridine rings is 1. The molecule has 0 saturated heterocycles. The van der Waals surface area contributed by atoms with Crippen LogP contribution >= 0.6 is 0 Å². The normalized spacial score (nSPS) is 15.1. The number of aromatic amines is 1. The first-order chi connectivity index (χ1) is 8.42. The summed E-state index contributed by atoms with van der Waals surface area (Å²) >= 11 is 0. The SMILES string of the molecule is c1cncc(-c2cnc(CCNC3CC3)[nH]2)c1. The lowest BCUT2D eigenvalue weighted by molar-refractivity contribution is 0.669. The van der Waals surface area contributed by atoms with Crippen LogP contribution in [0.4, 0.5) is 0 Å². The van der Waals surface area contributed by atoms with Crippen LogP contribution < -0.4 is 5.32 Å². The lowest BCUT2D eigenvalue weighted by Crippen LogP contribution is -2.19. The molecule has 4 heteroatoms. The van der Waals surface area contributed by atoms with Crippen molar-refractivity contribution < 1.29 is 0 Å². The van der Waals surface area contributed by atoms with Crippen molar-refractivity contribution in [3.8, 4) is 11.3 Å². The van der Waals surface area contributed by atoms with Gasteiger partial charge >= 0.3 is 0 Å². The Kier molecular flexibility index (Phi) is 2.88. The Hall–Kier alpha value is -1.68. The highest BCUT2D eigenvalue weighted by Crippen LogP contribution is 2.18. The van der Waals surface area contributed by atoms with E-state index < -0.39 is 0 Å². The Morgan fingerprint density at radius 1 is 1.35 bits per heavy atom. The maximum absolute atomic E-state index is 4.39. The van der Waals surface area contributed by atoms with E-state index in [-0.39, 0.29) is 0 Å². The Morgan fingerprint density at radius 2 is 2.29 bits per heavy atom. The van der Waals surface area contributed by atoms with Crippen molar-refractivity contribution in [3.63, 3.8) is 0 Å². The van der Waals surface area contributed by atoms with E-state index in [1.807, 2.05) is 24.5 Å². The predicted molar refractivity (Wildman–Crippen MR) is 66.5 cm³/mol. The van der Waals surface area contributed by atoms with E-state index in [4.69, 9.17) is 0 Å². The van der Waals surface area contributed by atoms with Crippen molar-refractivity contribution in [1.29, 1.82) is 0 Å². The molecule has 17 heavy (non-hydrogen) atoms. The maximum Gasteiger partial charge on any atom is 0.107 e. The van der Waals surface area contributed by atoms with Gasteiger partial charge in [0.05, 0.1) is 11.9 Å². The van der Waals surface area contributed by atoms with Crippen LogP contribution in [0.15, 0.2) is 30.7 Å². The summed E-state index contributed by atoms with van der Waals surface area (Å²) in [7, 11) is 0. The molecule has 2 aromatic rings. The molecule has 1 fully saturated rings. The molecule has 0 spiro atoms. The van der Waals surface area contributed by atoms with Gasteiger partial charge in [0.1, 0.15) is 5.82 Å². The number of nitrogens with one attached hydrogen (secondary N) is 2. The van der Waals surface area contributed by atoms with Crippen LogP contribution in [0.3, 0.4) is 0 Å². The Bertz CT molecular complexity index is 473. The number of hydrogen-bond donors (Lipinski definition) is 2. The molecule has 88 valence electrons. The number of aromatic nitrogens is 3. The molecule has 2 heterocycles. The number of hydrogen-bond acceptors (Lipinski definition) is 3. The van der Waals surface area contributed by atoms with Crippen molar-refractivity contribution in [2.45, 2.75) is 25.3 Å². The minimum atomic E-state index is 0.766. The fraction of sp³-hybridized carbons (Fsp3) is 0.385. The summed E-state index contributed by atoms with van der Waals surface area (Å²) in [6.07, 6.45) is 9.12. The molecular formula is C13H16N4. The molecular weight excluding hydrogens is 212 g/mol. The first-order valence-corrected chi connectivity index (χ1v) is 6.09. The molecule has 0 unspecified atom stereocenters. The Balaban J connectivity index is 1.61. The topological polar surface area (TPSA) is 53.6 Å². The van der Waals surface area contributed by atoms with Crippen LogP contribution in [-0.4, -0.2) is 27.5 Å². The molecule has 4 nitrogen and oxygen atoms in total. The molecule has 0 radical (unpaired) electrons. The second kappa shape index (κ2) is 4.67. The van der Waals surface area contributed by atoms with Gasteiger partial charge in [-0.2, -0.15) is 0 Å². The van der Waals surface area contributed by atoms with Gasteiger partial charge in [0.25, 0.3) is 0 Å². The molecule has 0 bridgehead atoms. The minimum absolute atomic E-state index is 0.766. The number of imidazole rings is 1. The van der Waals surface area contributed by atoms with Crippen molar-refractivity contribution in [3.05, 3.63) is 36.5 Å². The van der Waals surface area contributed by atoms with E-state index in [1.165, 1.54) is 12.8 Å². The quantitative estimate of drug-likeness (QED) is 0.820. The van der Waals surface area contributed by atoms with Gasteiger partial charge in [-0.1, -0.05) is 0 Å². The van der Waals surface area contributed by atoms with Gasteiger partial charge in [-0.25, -0.2) is 4.98 Å². The van der Waals surface area contributed by atoms with Gasteiger partial charge < -0.3 is 10.3 Å². The average Bonchev–Trinajstić information content (AvgIpc) is 3.07. The van der Waals surface area contributed by atoms with E-state index in [9.17, 15) is 0 Å². The van der Waals surface area contributed by atoms with Crippen LogP contribution in [0, 0.1) is 0 Å².